The molecule has 6 rings (SSSR count). The minimum atomic E-state index is -1.38. The van der Waals surface area contributed by atoms with Crippen LogP contribution in [-0.2, 0) is 68.5 Å². The molecule has 5 aliphatic rings. The van der Waals surface area contributed by atoms with Gasteiger partial charge in [-0.3, -0.25) is 53.5 Å². The topological polar surface area (TPSA) is 249 Å². The molecule has 0 aliphatic carbocycles. The van der Waals surface area contributed by atoms with Crippen molar-refractivity contribution in [2.45, 2.75) is 144 Å². The fourth-order valence-corrected chi connectivity index (χ4v) is 13.1. The number of esters is 6. The monoisotopic (exact) mass is 1050 g/mol. The van der Waals surface area contributed by atoms with Crippen molar-refractivity contribution in [1.82, 2.24) is 15.6 Å². The van der Waals surface area contributed by atoms with E-state index in [0.717, 1.165) is 5.56 Å². The molecule has 0 spiro atoms. The van der Waals surface area contributed by atoms with Crippen LogP contribution in [0.3, 0.4) is 0 Å². The number of aliphatic imine (C=N–C) groups is 3. The summed E-state index contributed by atoms with van der Waals surface area (Å²) in [5.41, 5.74) is 0.362. The van der Waals surface area contributed by atoms with Crippen LogP contribution in [0.15, 0.2) is 73.8 Å². The summed E-state index contributed by atoms with van der Waals surface area (Å²) in [6.07, 6.45) is 5.78. The lowest BCUT2D eigenvalue weighted by atomic mass is 9.55. The Hall–Kier alpha value is -6.53. The molecular formula is C57H78N6O13. The highest BCUT2D eigenvalue weighted by molar-refractivity contribution is 6.10. The minimum absolute atomic E-state index is 0.00778. The van der Waals surface area contributed by atoms with E-state index in [1.165, 1.54) is 42.7 Å². The fraction of sp³-hybridized carbons (Fsp3) is 0.632. The van der Waals surface area contributed by atoms with E-state index in [4.69, 9.17) is 43.4 Å². The van der Waals surface area contributed by atoms with Gasteiger partial charge in [0.1, 0.15) is 0 Å². The Morgan fingerprint density at radius 2 is 1.18 bits per heavy atom. The SMILES string of the molecule is COC(=O)CC[C@@H]1C2=C(C)C3=NC([C@H](CC(=O)OC)[C@@]3(C)CCC(=O)OC)[C@]3(C)N=C(/C(C)=C4\NC(=CC(=N2)C1(C)C)[C@@H](CCC(=O)OC)[C@]4(C)CC(=O)NCc1ccncc1)[C@@H](CCC(=O)OC)[C@]3(C)CC(=O)OC. The summed E-state index contributed by atoms with van der Waals surface area (Å²) in [5.74, 6) is -5.47. The summed E-state index contributed by atoms with van der Waals surface area (Å²) in [4.78, 5) is 117. The Labute approximate surface area is 446 Å². The van der Waals surface area contributed by atoms with Crippen molar-refractivity contribution in [1.29, 1.82) is 0 Å². The number of hydrogen-bond acceptors (Lipinski definition) is 18. The van der Waals surface area contributed by atoms with Gasteiger partial charge in [-0.25, -0.2) is 0 Å². The third-order valence-corrected chi connectivity index (χ3v) is 17.9. The van der Waals surface area contributed by atoms with Crippen molar-refractivity contribution in [3.8, 4) is 0 Å². The molecule has 19 heteroatoms. The molecule has 0 radical (unpaired) electrons. The number of aromatic nitrogens is 1. The molecular weight excluding hydrogens is 977 g/mol. The Morgan fingerprint density at radius 3 is 1.75 bits per heavy atom. The van der Waals surface area contributed by atoms with E-state index in [9.17, 15) is 33.6 Å². The number of rotatable bonds is 20. The number of methoxy groups -OCH3 is 6. The second-order valence-electron chi connectivity index (χ2n) is 22.3. The molecule has 1 fully saturated rings. The van der Waals surface area contributed by atoms with Gasteiger partial charge in [-0.1, -0.05) is 34.6 Å². The first-order valence-electron chi connectivity index (χ1n) is 26.1. The molecule has 1 aromatic heterocycles. The van der Waals surface area contributed by atoms with Crippen LogP contribution in [-0.4, -0.2) is 118 Å². The first-order chi connectivity index (χ1) is 35.8. The van der Waals surface area contributed by atoms with E-state index in [2.05, 4.69) is 29.5 Å². The highest BCUT2D eigenvalue weighted by atomic mass is 16.5. The lowest BCUT2D eigenvalue weighted by molar-refractivity contribution is -0.147. The van der Waals surface area contributed by atoms with Gasteiger partial charge in [-0.05, 0) is 81.4 Å². The number of ether oxygens (including phenoxy) is 6. The maximum Gasteiger partial charge on any atom is 0.306 e. The number of nitrogens with one attached hydrogen (secondary N) is 2. The molecule has 414 valence electrons. The van der Waals surface area contributed by atoms with Gasteiger partial charge in [0.2, 0.25) is 5.91 Å². The van der Waals surface area contributed by atoms with Crippen LogP contribution >= 0.6 is 0 Å². The standard InChI is InChI=1S/C57H78N6O13/c1-32-48-36(16-19-43(66)72-10)53(3,4)40(61-48)28-39-35(15-18-42(65)71-9)55(6,29-41(64)59-31-34-22-25-58-26-23-34)51(60-39)33(2)49-37(17-20-44(67)73-11)56(7,30-47(70)76-14)57(8,63-49)52-38(27-46(69)75-13)54(5,50(32)62-52)24-21-45(68)74-12/h22-23,25-26,28,35-38,52,60H,15-21,24,27,29-31H2,1-14H3,(H,59,64)/b39-28?,48-32?,51-33-/t35-,36-,37-,38+,52?,54-,55+,56+,57+/m1/s1. The summed E-state index contributed by atoms with van der Waals surface area (Å²) < 4.78 is 31.7. The van der Waals surface area contributed by atoms with Gasteiger partial charge in [0, 0.05) is 131 Å². The van der Waals surface area contributed by atoms with Crippen LogP contribution in [0.4, 0.5) is 0 Å². The van der Waals surface area contributed by atoms with Crippen molar-refractivity contribution in [3.05, 3.63) is 64.4 Å². The zero-order valence-corrected chi connectivity index (χ0v) is 46.9. The van der Waals surface area contributed by atoms with Gasteiger partial charge in [0.15, 0.2) is 0 Å². The highest BCUT2D eigenvalue weighted by Crippen LogP contribution is 2.62. The first-order valence-corrected chi connectivity index (χ1v) is 26.1. The number of carbonyl (C=O) groups excluding carboxylic acids is 7. The molecule has 5 aliphatic heterocycles. The van der Waals surface area contributed by atoms with E-state index < -0.39 is 92.7 Å². The van der Waals surface area contributed by atoms with Gasteiger partial charge in [0.25, 0.3) is 0 Å². The quantitative estimate of drug-likeness (QED) is 0.0978. The summed E-state index contributed by atoms with van der Waals surface area (Å²) in [6.45, 7) is 16.1. The normalized spacial score (nSPS) is 30.1. The number of fused-ring (bicyclic) bond motifs is 6. The predicted molar refractivity (Wildman–Crippen MR) is 282 cm³/mol. The molecule has 1 unspecified atom stereocenters. The molecule has 76 heavy (non-hydrogen) atoms. The lowest BCUT2D eigenvalue weighted by Gasteiger charge is -2.48. The number of allylic oxidation sites excluding steroid dienone is 6. The van der Waals surface area contributed by atoms with Crippen LogP contribution in [0.25, 0.3) is 0 Å². The molecule has 19 nitrogen and oxygen atoms in total. The van der Waals surface area contributed by atoms with Crippen LogP contribution in [0, 0.1) is 45.3 Å². The van der Waals surface area contributed by atoms with Crippen molar-refractivity contribution >= 4 is 58.9 Å². The number of hydrogen-bond donors (Lipinski definition) is 2. The molecule has 1 amide bonds. The van der Waals surface area contributed by atoms with Gasteiger partial charge < -0.3 is 39.1 Å². The number of pyridine rings is 1. The third-order valence-electron chi connectivity index (χ3n) is 17.9. The number of nitrogens with zero attached hydrogens (tertiary/aromatic N) is 4. The van der Waals surface area contributed by atoms with Crippen molar-refractivity contribution in [2.75, 3.05) is 42.7 Å². The highest BCUT2D eigenvalue weighted by Gasteiger charge is 2.66. The molecule has 0 aromatic carbocycles. The third kappa shape index (κ3) is 11.2. The zero-order valence-electron chi connectivity index (χ0n) is 46.9. The van der Waals surface area contributed by atoms with Crippen molar-refractivity contribution in [3.63, 3.8) is 0 Å². The number of carbonyl (C=O) groups is 7. The summed E-state index contributed by atoms with van der Waals surface area (Å²) in [5, 5.41) is 6.91. The first kappa shape index (κ1) is 58.7. The molecule has 0 saturated carbocycles. The van der Waals surface area contributed by atoms with Gasteiger partial charge >= 0.3 is 35.8 Å². The van der Waals surface area contributed by atoms with E-state index >= 15 is 0 Å². The molecule has 1 saturated heterocycles. The maximum atomic E-state index is 14.6. The van der Waals surface area contributed by atoms with Gasteiger partial charge in [-0.15, -0.1) is 0 Å². The Kier molecular flexibility index (Phi) is 18.1. The van der Waals surface area contributed by atoms with E-state index in [1.54, 1.807) is 12.4 Å². The summed E-state index contributed by atoms with van der Waals surface area (Å²) in [6, 6.07) is 2.74. The Morgan fingerprint density at radius 1 is 0.645 bits per heavy atom. The Balaban J connectivity index is 1.78. The van der Waals surface area contributed by atoms with Crippen LogP contribution in [0.2, 0.25) is 0 Å². The molecule has 2 N–H and O–H groups in total. The minimum Gasteiger partial charge on any atom is -0.469 e. The Bertz CT molecular complexity index is 2670. The lowest BCUT2D eigenvalue weighted by Crippen LogP contribution is -2.55. The van der Waals surface area contributed by atoms with Crippen LogP contribution in [0.1, 0.15) is 132 Å². The summed E-state index contributed by atoms with van der Waals surface area (Å²) >= 11 is 0. The molecule has 9 atom stereocenters. The van der Waals surface area contributed by atoms with Crippen molar-refractivity contribution < 1.29 is 62.0 Å². The second kappa shape index (κ2) is 23.4. The van der Waals surface area contributed by atoms with E-state index in [0.29, 0.717) is 51.8 Å². The molecule has 6 heterocycles. The average molecular weight is 1060 g/mol. The van der Waals surface area contributed by atoms with Crippen LogP contribution < -0.4 is 10.6 Å². The van der Waals surface area contributed by atoms with E-state index in [-0.39, 0.29) is 76.7 Å². The largest absolute Gasteiger partial charge is 0.469 e. The predicted octanol–water partition coefficient (Wildman–Crippen LogP) is 7.08. The average Bonchev–Trinajstić information content (AvgIpc) is 4.03. The fourth-order valence-electron chi connectivity index (χ4n) is 13.1. The smallest absolute Gasteiger partial charge is 0.306 e. The zero-order chi connectivity index (χ0) is 56.1. The molecule has 8 bridgehead atoms. The van der Waals surface area contributed by atoms with Crippen LogP contribution in [0.5, 0.6) is 0 Å². The van der Waals surface area contributed by atoms with E-state index in [1.807, 2.05) is 59.8 Å². The number of amides is 1. The van der Waals surface area contributed by atoms with Crippen molar-refractivity contribution in [2.24, 2.45) is 60.3 Å². The summed E-state index contributed by atoms with van der Waals surface area (Å²) in [7, 11) is 7.93. The second-order valence-corrected chi connectivity index (χ2v) is 22.3. The van der Waals surface area contributed by atoms with Gasteiger partial charge in [-0.2, -0.15) is 0 Å². The van der Waals surface area contributed by atoms with Gasteiger partial charge in [0.05, 0.1) is 67.1 Å². The maximum absolute atomic E-state index is 14.6. The molecule has 1 aromatic rings.